The molecule has 0 aromatic heterocycles. The summed E-state index contributed by atoms with van der Waals surface area (Å²) in [5.41, 5.74) is 2.41. The van der Waals surface area contributed by atoms with Crippen LogP contribution in [0.3, 0.4) is 0 Å². The second kappa shape index (κ2) is 7.78. The van der Waals surface area contributed by atoms with Crippen molar-refractivity contribution in [2.75, 3.05) is 14.2 Å². The minimum atomic E-state index is -0.337. The van der Waals surface area contributed by atoms with Crippen molar-refractivity contribution in [1.29, 1.82) is 0 Å². The molecular formula is C18H22O4. The van der Waals surface area contributed by atoms with Gasteiger partial charge in [-0.05, 0) is 36.8 Å². The summed E-state index contributed by atoms with van der Waals surface area (Å²) < 4.78 is 9.72. The van der Waals surface area contributed by atoms with E-state index in [-0.39, 0.29) is 23.8 Å². The molecule has 0 heterocycles. The van der Waals surface area contributed by atoms with Crippen molar-refractivity contribution in [3.8, 4) is 0 Å². The smallest absolute Gasteiger partial charge is 0.312 e. The molecule has 0 saturated heterocycles. The van der Waals surface area contributed by atoms with E-state index in [1.807, 2.05) is 0 Å². The van der Waals surface area contributed by atoms with Gasteiger partial charge in [0.1, 0.15) is 0 Å². The number of hydrogen-bond donors (Lipinski definition) is 0. The Morgan fingerprint density at radius 2 is 1.18 bits per heavy atom. The first-order valence-corrected chi connectivity index (χ1v) is 7.56. The van der Waals surface area contributed by atoms with E-state index in [4.69, 9.17) is 9.47 Å². The molecule has 0 fully saturated rings. The minimum Gasteiger partial charge on any atom is -0.469 e. The van der Waals surface area contributed by atoms with Crippen molar-refractivity contribution in [2.45, 2.75) is 25.7 Å². The molecule has 0 spiro atoms. The Hall–Kier alpha value is -2.10. The van der Waals surface area contributed by atoms with Crippen molar-refractivity contribution in [3.63, 3.8) is 0 Å². The predicted molar refractivity (Wildman–Crippen MR) is 83.2 cm³/mol. The number of fused-ring (bicyclic) bond motifs is 8. The molecule has 2 aliphatic carbocycles. The molecule has 0 amide bonds. The van der Waals surface area contributed by atoms with Gasteiger partial charge in [0.25, 0.3) is 0 Å². The zero-order valence-corrected chi connectivity index (χ0v) is 13.1. The third-order valence-corrected chi connectivity index (χ3v) is 4.09. The molecule has 1 aromatic rings. The molecule has 1 aromatic carbocycles. The molecule has 22 heavy (non-hydrogen) atoms. The molecule has 2 unspecified atom stereocenters. The van der Waals surface area contributed by atoms with Gasteiger partial charge >= 0.3 is 11.9 Å². The highest BCUT2D eigenvalue weighted by Gasteiger charge is 2.20. The van der Waals surface area contributed by atoms with Crippen LogP contribution in [-0.2, 0) is 31.9 Å². The summed E-state index contributed by atoms with van der Waals surface area (Å²) in [6.45, 7) is 0. The van der Waals surface area contributed by atoms with Gasteiger partial charge in [0.05, 0.1) is 26.1 Å². The summed E-state index contributed by atoms with van der Waals surface area (Å²) in [5.74, 6) is -1.21. The third kappa shape index (κ3) is 4.20. The van der Waals surface area contributed by atoms with Crippen LogP contribution in [0.5, 0.6) is 0 Å². The lowest BCUT2D eigenvalue weighted by atomic mass is 9.92. The number of esters is 2. The number of carbonyl (C=O) groups is 2. The monoisotopic (exact) mass is 302 g/mol. The molecule has 2 bridgehead atoms. The Morgan fingerprint density at radius 3 is 1.50 bits per heavy atom. The van der Waals surface area contributed by atoms with Crippen molar-refractivity contribution < 1.29 is 19.1 Å². The first kappa shape index (κ1) is 16.3. The van der Waals surface area contributed by atoms with Crippen molar-refractivity contribution in [3.05, 3.63) is 47.5 Å². The molecule has 0 aliphatic heterocycles. The molecule has 4 nitrogen and oxygen atoms in total. The maximum atomic E-state index is 11.9. The summed E-state index contributed by atoms with van der Waals surface area (Å²) in [6, 6.07) is 8.34. The Balaban J connectivity index is 2.27. The molecule has 2 aliphatic rings. The van der Waals surface area contributed by atoms with E-state index < -0.39 is 0 Å². The van der Waals surface area contributed by atoms with Crippen LogP contribution in [0.15, 0.2) is 36.4 Å². The quantitative estimate of drug-likeness (QED) is 0.622. The molecule has 0 radical (unpaired) electrons. The van der Waals surface area contributed by atoms with Crippen LogP contribution in [-0.4, -0.2) is 26.2 Å². The van der Waals surface area contributed by atoms with Crippen LogP contribution in [0.1, 0.15) is 24.0 Å². The molecular weight excluding hydrogens is 280 g/mol. The average molecular weight is 302 g/mol. The highest BCUT2D eigenvalue weighted by atomic mass is 16.5. The number of benzene rings is 1. The van der Waals surface area contributed by atoms with E-state index in [0.717, 1.165) is 12.8 Å². The van der Waals surface area contributed by atoms with Crippen LogP contribution in [0.25, 0.3) is 0 Å². The lowest BCUT2D eigenvalue weighted by Crippen LogP contribution is -2.18. The van der Waals surface area contributed by atoms with Crippen LogP contribution >= 0.6 is 0 Å². The van der Waals surface area contributed by atoms with Gasteiger partial charge in [-0.1, -0.05) is 36.4 Å². The fourth-order valence-corrected chi connectivity index (χ4v) is 2.67. The Labute approximate surface area is 131 Å². The van der Waals surface area contributed by atoms with Crippen molar-refractivity contribution in [2.24, 2.45) is 11.8 Å². The fraction of sp³-hybridized carbons (Fsp3) is 0.444. The van der Waals surface area contributed by atoms with Gasteiger partial charge in [0.2, 0.25) is 0 Å². The fourth-order valence-electron chi connectivity index (χ4n) is 2.67. The summed E-state index contributed by atoms with van der Waals surface area (Å²) in [7, 11) is 2.78. The van der Waals surface area contributed by atoms with E-state index in [9.17, 15) is 9.59 Å². The van der Waals surface area contributed by atoms with E-state index in [2.05, 4.69) is 24.3 Å². The predicted octanol–water partition coefficient (Wildman–Crippen LogP) is 2.70. The van der Waals surface area contributed by atoms with Crippen LogP contribution < -0.4 is 0 Å². The number of hydrogen-bond acceptors (Lipinski definition) is 4. The van der Waals surface area contributed by atoms with Gasteiger partial charge < -0.3 is 9.47 Å². The SMILES string of the molecule is COC(=O)C1/C=C/C(C(=O)OC)CCc2ccc(cc2)CC1. The normalized spacial score (nSPS) is 23.0. The number of carbonyl (C=O) groups excluding carboxylic acids is 2. The molecule has 0 saturated carbocycles. The molecule has 3 rings (SSSR count). The standard InChI is InChI=1S/C18H22O4/c1-21-17(19)15-9-7-13-3-5-14(6-4-13)8-10-16(12-11-15)18(20)22-2/h3-6,11-12,15-16H,7-10H2,1-2H3/b12-11+. The van der Waals surface area contributed by atoms with E-state index in [1.54, 1.807) is 12.2 Å². The van der Waals surface area contributed by atoms with Crippen LogP contribution in [0.2, 0.25) is 0 Å². The van der Waals surface area contributed by atoms with Gasteiger partial charge in [-0.3, -0.25) is 9.59 Å². The lowest BCUT2D eigenvalue weighted by molar-refractivity contribution is -0.145. The van der Waals surface area contributed by atoms with Gasteiger partial charge in [-0.2, -0.15) is 0 Å². The Morgan fingerprint density at radius 1 is 0.818 bits per heavy atom. The van der Waals surface area contributed by atoms with E-state index >= 15 is 0 Å². The highest BCUT2D eigenvalue weighted by molar-refractivity contribution is 5.76. The topological polar surface area (TPSA) is 52.6 Å². The van der Waals surface area contributed by atoms with Crippen LogP contribution in [0, 0.1) is 11.8 Å². The average Bonchev–Trinajstić information content (AvgIpc) is 2.55. The largest absolute Gasteiger partial charge is 0.469 e. The number of rotatable bonds is 2. The van der Waals surface area contributed by atoms with Crippen molar-refractivity contribution >= 4 is 11.9 Å². The van der Waals surface area contributed by atoms with E-state index in [0.29, 0.717) is 12.8 Å². The summed E-state index contributed by atoms with van der Waals surface area (Å²) in [5, 5.41) is 0. The second-order valence-electron chi connectivity index (χ2n) is 5.54. The molecule has 118 valence electrons. The highest BCUT2D eigenvalue weighted by Crippen LogP contribution is 2.20. The van der Waals surface area contributed by atoms with Gasteiger partial charge in [-0.25, -0.2) is 0 Å². The third-order valence-electron chi connectivity index (χ3n) is 4.09. The van der Waals surface area contributed by atoms with Gasteiger partial charge in [0.15, 0.2) is 0 Å². The Kier molecular flexibility index (Phi) is 5.75. The number of ether oxygens (including phenoxy) is 2. The summed E-state index contributed by atoms with van der Waals surface area (Å²) in [4.78, 5) is 23.8. The zero-order chi connectivity index (χ0) is 15.9. The first-order chi connectivity index (χ1) is 10.6. The van der Waals surface area contributed by atoms with Gasteiger partial charge in [0, 0.05) is 0 Å². The maximum absolute atomic E-state index is 11.9. The van der Waals surface area contributed by atoms with Gasteiger partial charge in [-0.15, -0.1) is 0 Å². The Bertz CT molecular complexity index is 496. The minimum absolute atomic E-state index is 0.270. The summed E-state index contributed by atoms with van der Waals surface area (Å²) in [6.07, 6.45) is 6.51. The van der Waals surface area contributed by atoms with Crippen molar-refractivity contribution in [1.82, 2.24) is 0 Å². The second-order valence-corrected chi connectivity index (χ2v) is 5.54. The number of aryl methyl sites for hydroxylation is 2. The van der Waals surface area contributed by atoms with Crippen LogP contribution in [0.4, 0.5) is 0 Å². The van der Waals surface area contributed by atoms with E-state index in [1.165, 1.54) is 25.3 Å². The molecule has 4 heteroatoms. The zero-order valence-electron chi connectivity index (χ0n) is 13.1. The summed E-state index contributed by atoms with van der Waals surface area (Å²) >= 11 is 0. The molecule has 2 atom stereocenters. The lowest BCUT2D eigenvalue weighted by Gasteiger charge is -2.15. The number of methoxy groups -OCH3 is 2. The maximum Gasteiger partial charge on any atom is 0.312 e. The molecule has 0 N–H and O–H groups in total. The first-order valence-electron chi connectivity index (χ1n) is 7.56.